The molecule has 180 valence electrons. The van der Waals surface area contributed by atoms with Gasteiger partial charge < -0.3 is 4.57 Å². The number of benzene rings is 2. The third-order valence-electron chi connectivity index (χ3n) is 5.87. The highest BCUT2D eigenvalue weighted by atomic mass is 35.5. The molecule has 0 N–H and O–H groups in total. The number of imidazole rings is 1. The van der Waals surface area contributed by atoms with Crippen LogP contribution >= 0.6 is 23.7 Å². The SMILES string of the molecule is Cc1cc(C)c2sc(N(CCCn3ccnc3)C(=O)CN3C(=O)c4ccccc4C3=O)nc2c1.Cl. The van der Waals surface area contributed by atoms with Gasteiger partial charge in [0.05, 0.1) is 27.7 Å². The topological polar surface area (TPSA) is 88.4 Å². The fraction of sp³-hybridized carbons (Fsp3) is 0.240. The van der Waals surface area contributed by atoms with Crippen LogP contribution in [0.3, 0.4) is 0 Å². The van der Waals surface area contributed by atoms with Gasteiger partial charge in [-0.2, -0.15) is 0 Å². The van der Waals surface area contributed by atoms with Crippen LogP contribution in [0.2, 0.25) is 0 Å². The van der Waals surface area contributed by atoms with Crippen molar-refractivity contribution < 1.29 is 14.4 Å². The molecule has 10 heteroatoms. The molecule has 4 aromatic rings. The zero-order chi connectivity index (χ0) is 23.8. The molecule has 1 aliphatic heterocycles. The maximum Gasteiger partial charge on any atom is 0.262 e. The summed E-state index contributed by atoms with van der Waals surface area (Å²) in [6.45, 7) is 4.80. The number of imide groups is 1. The largest absolute Gasteiger partial charge is 0.337 e. The Morgan fingerprint density at radius 1 is 1.09 bits per heavy atom. The van der Waals surface area contributed by atoms with Crippen molar-refractivity contribution in [3.8, 4) is 0 Å². The van der Waals surface area contributed by atoms with Crippen LogP contribution in [-0.2, 0) is 11.3 Å². The van der Waals surface area contributed by atoms with Crippen molar-refractivity contribution in [1.82, 2.24) is 19.4 Å². The van der Waals surface area contributed by atoms with Crippen LogP contribution in [-0.4, -0.2) is 50.2 Å². The minimum Gasteiger partial charge on any atom is -0.337 e. The van der Waals surface area contributed by atoms with Gasteiger partial charge in [-0.1, -0.05) is 29.5 Å². The summed E-state index contributed by atoms with van der Waals surface area (Å²) in [5.74, 6) is -1.22. The van der Waals surface area contributed by atoms with Gasteiger partial charge in [0.25, 0.3) is 11.8 Å². The number of aromatic nitrogens is 3. The van der Waals surface area contributed by atoms with Crippen molar-refractivity contribution in [2.75, 3.05) is 18.0 Å². The Balaban J connectivity index is 0.00000289. The lowest BCUT2D eigenvalue weighted by molar-refractivity contribution is -0.119. The van der Waals surface area contributed by atoms with Crippen molar-refractivity contribution in [1.29, 1.82) is 0 Å². The number of amides is 3. The lowest BCUT2D eigenvalue weighted by Gasteiger charge is -2.22. The van der Waals surface area contributed by atoms with Gasteiger partial charge in [-0.3, -0.25) is 24.2 Å². The molecule has 0 aliphatic carbocycles. The zero-order valence-electron chi connectivity index (χ0n) is 19.3. The van der Waals surface area contributed by atoms with Gasteiger partial charge in [0.1, 0.15) is 6.54 Å². The third kappa shape index (κ3) is 4.69. The highest BCUT2D eigenvalue weighted by molar-refractivity contribution is 7.22. The van der Waals surface area contributed by atoms with Crippen LogP contribution in [0.1, 0.15) is 38.3 Å². The Hall–Kier alpha value is -3.56. The van der Waals surface area contributed by atoms with Crippen LogP contribution < -0.4 is 4.90 Å². The van der Waals surface area contributed by atoms with Crippen molar-refractivity contribution in [2.45, 2.75) is 26.8 Å². The number of aryl methyl sites for hydroxylation is 3. The predicted octanol–water partition coefficient (Wildman–Crippen LogP) is 4.25. The number of rotatable bonds is 7. The first kappa shape index (κ1) is 24.6. The monoisotopic (exact) mass is 509 g/mol. The molecule has 0 bridgehead atoms. The van der Waals surface area contributed by atoms with Gasteiger partial charge >= 0.3 is 0 Å². The standard InChI is InChI=1S/C25H23N5O3S.ClH/c1-16-12-17(2)22-20(13-16)27-25(34-22)29(10-5-9-28-11-8-26-15-28)21(31)14-30-23(32)18-6-3-4-7-19(18)24(30)33;/h3-4,6-8,11-13,15H,5,9-10,14H2,1-2H3;1H. The Morgan fingerprint density at radius 2 is 1.80 bits per heavy atom. The molecule has 2 aromatic heterocycles. The zero-order valence-corrected chi connectivity index (χ0v) is 20.9. The van der Waals surface area contributed by atoms with E-state index in [9.17, 15) is 14.4 Å². The fourth-order valence-corrected chi connectivity index (χ4v) is 5.30. The minimum absolute atomic E-state index is 0. The van der Waals surface area contributed by atoms with E-state index in [1.54, 1.807) is 41.7 Å². The molecule has 0 spiro atoms. The number of carbonyl (C=O) groups excluding carboxylic acids is 3. The van der Waals surface area contributed by atoms with Crippen LogP contribution in [0.25, 0.3) is 10.2 Å². The Morgan fingerprint density at radius 3 is 2.46 bits per heavy atom. The third-order valence-corrected chi connectivity index (χ3v) is 7.10. The van der Waals surface area contributed by atoms with Gasteiger partial charge in [0.2, 0.25) is 5.91 Å². The summed E-state index contributed by atoms with van der Waals surface area (Å²) < 4.78 is 2.97. The number of halogens is 1. The molecule has 1 aliphatic rings. The minimum atomic E-state index is -0.442. The van der Waals surface area contributed by atoms with Gasteiger partial charge in [-0.05, 0) is 49.6 Å². The Kier molecular flexibility index (Phi) is 7.00. The van der Waals surface area contributed by atoms with E-state index in [0.29, 0.717) is 35.8 Å². The summed E-state index contributed by atoms with van der Waals surface area (Å²) in [7, 11) is 0. The van der Waals surface area contributed by atoms with E-state index in [1.807, 2.05) is 30.7 Å². The van der Waals surface area contributed by atoms with E-state index < -0.39 is 11.8 Å². The van der Waals surface area contributed by atoms with Crippen molar-refractivity contribution >= 4 is 56.8 Å². The molecular formula is C25H24ClN5O3S. The van der Waals surface area contributed by atoms with Crippen LogP contribution in [0.4, 0.5) is 5.13 Å². The lowest BCUT2D eigenvalue weighted by Crippen LogP contribution is -2.43. The van der Waals surface area contributed by atoms with Crippen LogP contribution in [0.15, 0.2) is 55.1 Å². The molecular weight excluding hydrogens is 486 g/mol. The number of nitrogens with zero attached hydrogens (tertiary/aromatic N) is 5. The van der Waals surface area contributed by atoms with Crippen LogP contribution in [0.5, 0.6) is 0 Å². The first-order valence-electron chi connectivity index (χ1n) is 11.0. The molecule has 35 heavy (non-hydrogen) atoms. The molecule has 3 amide bonds. The van der Waals surface area contributed by atoms with E-state index in [0.717, 1.165) is 26.2 Å². The summed E-state index contributed by atoms with van der Waals surface area (Å²) in [5, 5.41) is 0.566. The van der Waals surface area contributed by atoms with Crippen molar-refractivity contribution in [2.24, 2.45) is 0 Å². The number of carbonyl (C=O) groups is 3. The number of hydrogen-bond acceptors (Lipinski definition) is 6. The van der Waals surface area contributed by atoms with Gasteiger partial charge in [0.15, 0.2) is 5.13 Å². The second-order valence-electron chi connectivity index (χ2n) is 8.37. The number of hydrogen-bond donors (Lipinski definition) is 0. The molecule has 0 unspecified atom stereocenters. The number of fused-ring (bicyclic) bond motifs is 2. The van der Waals surface area contributed by atoms with Gasteiger partial charge in [-0.15, -0.1) is 12.4 Å². The van der Waals surface area contributed by atoms with E-state index in [-0.39, 0.29) is 24.9 Å². The number of thiazole rings is 1. The summed E-state index contributed by atoms with van der Waals surface area (Å²) in [4.78, 5) is 50.5. The second kappa shape index (κ2) is 9.97. The fourth-order valence-electron chi connectivity index (χ4n) is 4.24. The first-order chi connectivity index (χ1) is 16.4. The summed E-state index contributed by atoms with van der Waals surface area (Å²) in [6.07, 6.45) is 5.98. The van der Waals surface area contributed by atoms with Crippen molar-refractivity contribution in [3.05, 3.63) is 77.4 Å². The van der Waals surface area contributed by atoms with Crippen molar-refractivity contribution in [3.63, 3.8) is 0 Å². The summed E-state index contributed by atoms with van der Waals surface area (Å²) >= 11 is 1.45. The highest BCUT2D eigenvalue weighted by Gasteiger charge is 2.37. The quantitative estimate of drug-likeness (QED) is 0.347. The first-order valence-corrected chi connectivity index (χ1v) is 11.8. The average Bonchev–Trinajstić information content (AvgIpc) is 3.53. The predicted molar refractivity (Wildman–Crippen MR) is 137 cm³/mol. The summed E-state index contributed by atoms with van der Waals surface area (Å²) in [5.41, 5.74) is 3.71. The van der Waals surface area contributed by atoms with Crippen LogP contribution in [0, 0.1) is 13.8 Å². The molecule has 5 rings (SSSR count). The molecule has 2 aromatic carbocycles. The van der Waals surface area contributed by atoms with E-state index in [1.165, 1.54) is 11.3 Å². The summed E-state index contributed by atoms with van der Waals surface area (Å²) in [6, 6.07) is 10.7. The van der Waals surface area contributed by atoms with E-state index >= 15 is 0 Å². The van der Waals surface area contributed by atoms with Gasteiger partial charge in [0, 0.05) is 25.5 Å². The molecule has 0 saturated carbocycles. The molecule has 8 nitrogen and oxygen atoms in total. The van der Waals surface area contributed by atoms with E-state index in [2.05, 4.69) is 11.1 Å². The smallest absolute Gasteiger partial charge is 0.262 e. The van der Waals surface area contributed by atoms with E-state index in [4.69, 9.17) is 4.98 Å². The normalized spacial score (nSPS) is 12.7. The number of anilines is 1. The lowest BCUT2D eigenvalue weighted by atomic mass is 10.1. The second-order valence-corrected chi connectivity index (χ2v) is 9.35. The molecule has 0 radical (unpaired) electrons. The molecule has 3 heterocycles. The maximum absolute atomic E-state index is 13.5. The highest BCUT2D eigenvalue weighted by Crippen LogP contribution is 2.33. The van der Waals surface area contributed by atoms with Gasteiger partial charge in [-0.25, -0.2) is 9.97 Å². The average molecular weight is 510 g/mol. The Labute approximate surface area is 212 Å². The maximum atomic E-state index is 13.5. The Bertz CT molecular complexity index is 1380. The molecule has 0 fully saturated rings. The molecule has 0 atom stereocenters. The molecule has 0 saturated heterocycles.